The molecule has 0 saturated carbocycles. The zero-order chi connectivity index (χ0) is 23.7. The summed E-state index contributed by atoms with van der Waals surface area (Å²) in [5.74, 6) is 0.548. The van der Waals surface area contributed by atoms with Crippen molar-refractivity contribution in [3.05, 3.63) is 68.1 Å². The Balaban J connectivity index is 1.55. The van der Waals surface area contributed by atoms with Gasteiger partial charge < -0.3 is 0 Å². The molecule has 5 aliphatic rings. The van der Waals surface area contributed by atoms with Gasteiger partial charge in [0.15, 0.2) is 0 Å². The molecule has 0 amide bonds. The fourth-order valence-electron chi connectivity index (χ4n) is 12.4. The van der Waals surface area contributed by atoms with Crippen molar-refractivity contribution < 1.29 is 0 Å². The van der Waals surface area contributed by atoms with Crippen molar-refractivity contribution in [2.45, 2.75) is 31.6 Å². The summed E-state index contributed by atoms with van der Waals surface area (Å²) in [5.41, 5.74) is 11.5. The van der Waals surface area contributed by atoms with Crippen molar-refractivity contribution >= 4 is 119 Å². The first-order chi connectivity index (χ1) is 19.3. The van der Waals surface area contributed by atoms with Gasteiger partial charge in [0.25, 0.3) is 0 Å². The lowest BCUT2D eigenvalue weighted by molar-refractivity contribution is 0.943. The predicted molar refractivity (Wildman–Crippen MR) is 164 cm³/mol. The molecule has 0 bridgehead atoms. The summed E-state index contributed by atoms with van der Waals surface area (Å²) in [5, 5.41) is 35.8. The predicted octanol–water partition coefficient (Wildman–Crippen LogP) is 8.08. The Morgan fingerprint density at radius 2 is 0.923 bits per heavy atom. The van der Waals surface area contributed by atoms with Gasteiger partial charge in [-0.25, -0.2) is 0 Å². The molecule has 39 heavy (non-hydrogen) atoms. The summed E-state index contributed by atoms with van der Waals surface area (Å²) < 4.78 is 0. The molecule has 11 aromatic carbocycles. The monoisotopic (exact) mass is 482 g/mol. The van der Waals surface area contributed by atoms with E-state index in [0.29, 0.717) is 5.92 Å². The van der Waals surface area contributed by atoms with Crippen LogP contribution < -0.4 is 10.4 Å². The van der Waals surface area contributed by atoms with Gasteiger partial charge in [0.2, 0.25) is 0 Å². The Morgan fingerprint density at radius 3 is 1.67 bits per heavy atom. The van der Waals surface area contributed by atoms with Crippen LogP contribution in [0.4, 0.5) is 0 Å². The Bertz CT molecular complexity index is 3290. The third-order valence-electron chi connectivity index (χ3n) is 13.0. The van der Waals surface area contributed by atoms with E-state index in [1.807, 2.05) is 0 Å². The first-order valence-corrected chi connectivity index (χ1v) is 14.9. The standard InChI is InChI=1S/C39H14/c1-10-4-16-6-12-2-14-8-18-9-15-3-13-7-17-5-11(1)20-19(10)28-25(16)30-21(12)23(14)32-27(18)33-24(15)22(13)31-26(17)29(20)35-34(28)36(30)38(32)39(33)37(31)35/h1,4,6-7,9,12H,2-3,5,8H2. The quantitative estimate of drug-likeness (QED) is 0.192. The summed E-state index contributed by atoms with van der Waals surface area (Å²) in [6.07, 6.45) is 7.29. The Morgan fingerprint density at radius 1 is 0.410 bits per heavy atom. The van der Waals surface area contributed by atoms with E-state index < -0.39 is 0 Å². The van der Waals surface area contributed by atoms with Crippen LogP contribution in [0.2, 0.25) is 0 Å². The van der Waals surface area contributed by atoms with Crippen molar-refractivity contribution in [1.82, 2.24) is 0 Å². The molecular weight excluding hydrogens is 468 g/mol. The molecule has 0 heteroatoms. The molecule has 16 rings (SSSR count). The molecular formula is C39H14. The number of hydrogen-bond donors (Lipinski definition) is 0. The first kappa shape index (κ1) is 15.9. The molecule has 170 valence electrons. The van der Waals surface area contributed by atoms with Crippen LogP contribution in [-0.4, -0.2) is 0 Å². The van der Waals surface area contributed by atoms with E-state index in [0.717, 1.165) is 19.3 Å². The van der Waals surface area contributed by atoms with Crippen molar-refractivity contribution in [3.8, 4) is 0 Å². The molecule has 0 fully saturated rings. The summed E-state index contributed by atoms with van der Waals surface area (Å²) >= 11 is 0. The molecule has 0 radical (unpaired) electrons. The van der Waals surface area contributed by atoms with Crippen LogP contribution in [0.25, 0.3) is 119 Å². The van der Waals surface area contributed by atoms with Crippen LogP contribution in [0.5, 0.6) is 0 Å². The van der Waals surface area contributed by atoms with Gasteiger partial charge in [-0.15, -0.1) is 0 Å². The third kappa shape index (κ3) is 1.09. The second kappa shape index (κ2) is 3.98. The van der Waals surface area contributed by atoms with Crippen LogP contribution >= 0.6 is 0 Å². The van der Waals surface area contributed by atoms with Gasteiger partial charge in [0.05, 0.1) is 0 Å². The van der Waals surface area contributed by atoms with Crippen LogP contribution in [0.1, 0.15) is 45.7 Å². The fourth-order valence-corrected chi connectivity index (χ4v) is 12.4. The summed E-state index contributed by atoms with van der Waals surface area (Å²) in [4.78, 5) is 0. The molecule has 0 aromatic heterocycles. The Labute approximate surface area is 218 Å². The largest absolute Gasteiger partial charge is 0.0687 e. The van der Waals surface area contributed by atoms with Crippen LogP contribution in [0, 0.1) is 0 Å². The molecule has 0 spiro atoms. The van der Waals surface area contributed by atoms with Gasteiger partial charge >= 0.3 is 0 Å². The molecule has 1 atom stereocenters. The van der Waals surface area contributed by atoms with E-state index in [-0.39, 0.29) is 0 Å². The van der Waals surface area contributed by atoms with Gasteiger partial charge in [0, 0.05) is 5.92 Å². The number of benzene rings is 7. The lowest BCUT2D eigenvalue weighted by Crippen LogP contribution is -2.16. The second-order valence-corrected chi connectivity index (χ2v) is 14.1. The molecule has 0 heterocycles. The topological polar surface area (TPSA) is 0 Å². The molecule has 0 saturated heterocycles. The van der Waals surface area contributed by atoms with Crippen LogP contribution in [0.3, 0.4) is 0 Å². The lowest BCUT2D eigenvalue weighted by atomic mass is 9.86. The normalized spacial score (nSPS) is 20.3. The SMILES string of the molecule is C1=c2cc3cc4c5c3c3c2c2c6c7c8c9c(cc%10c%11c%12c(cc(c%13c%12c%12c(c%119)c8c2c3c%12c5%13)C4)C%10)CC=7CC16. The molecule has 0 aliphatic heterocycles. The van der Waals surface area contributed by atoms with Crippen LogP contribution in [-0.2, 0) is 19.3 Å². The third-order valence-corrected chi connectivity index (χ3v) is 13.0. The van der Waals surface area contributed by atoms with Crippen molar-refractivity contribution in [3.63, 3.8) is 0 Å². The highest BCUT2D eigenvalue weighted by molar-refractivity contribution is 6.63. The van der Waals surface area contributed by atoms with Gasteiger partial charge in [0.1, 0.15) is 0 Å². The fraction of sp³-hybridized carbons (Fsp3) is 0.128. The van der Waals surface area contributed by atoms with Crippen molar-refractivity contribution in [1.29, 1.82) is 0 Å². The van der Waals surface area contributed by atoms with E-state index in [1.165, 1.54) is 17.0 Å². The zero-order valence-electron chi connectivity index (χ0n) is 20.8. The first-order valence-electron chi connectivity index (χ1n) is 14.9. The van der Waals surface area contributed by atoms with Crippen molar-refractivity contribution in [2.24, 2.45) is 0 Å². The Hall–Kier alpha value is -4.42. The number of rotatable bonds is 0. The highest BCUT2D eigenvalue weighted by atomic mass is 14.4. The second-order valence-electron chi connectivity index (χ2n) is 14.1. The van der Waals surface area contributed by atoms with E-state index in [4.69, 9.17) is 0 Å². The molecule has 0 nitrogen and oxygen atoms in total. The van der Waals surface area contributed by atoms with Gasteiger partial charge in [-0.2, -0.15) is 0 Å². The highest BCUT2D eigenvalue weighted by Gasteiger charge is 2.42. The van der Waals surface area contributed by atoms with Gasteiger partial charge in [-0.3, -0.25) is 0 Å². The number of hydrogen-bond acceptors (Lipinski definition) is 0. The minimum atomic E-state index is 0.548. The summed E-state index contributed by atoms with van der Waals surface area (Å²) in [6, 6.07) is 10.5. The summed E-state index contributed by atoms with van der Waals surface area (Å²) in [7, 11) is 0. The molecule has 1 unspecified atom stereocenters. The minimum absolute atomic E-state index is 0.548. The highest BCUT2D eigenvalue weighted by Crippen LogP contribution is 2.65. The molecule has 0 N–H and O–H groups in total. The molecule has 11 aromatic rings. The minimum Gasteiger partial charge on any atom is -0.0687 e. The Kier molecular flexibility index (Phi) is 1.62. The maximum atomic E-state index is 2.69. The maximum Gasteiger partial charge on any atom is 0.00773 e. The average molecular weight is 483 g/mol. The average Bonchev–Trinajstić information content (AvgIpc) is 3.74. The van der Waals surface area contributed by atoms with Crippen LogP contribution in [0.15, 0.2) is 24.3 Å². The summed E-state index contributed by atoms with van der Waals surface area (Å²) in [6.45, 7) is 0. The van der Waals surface area contributed by atoms with E-state index in [1.54, 1.807) is 147 Å². The van der Waals surface area contributed by atoms with Gasteiger partial charge in [-0.05, 0) is 183 Å². The molecule has 5 aliphatic carbocycles. The maximum absolute atomic E-state index is 2.69. The smallest absolute Gasteiger partial charge is 0.00773 e. The van der Waals surface area contributed by atoms with E-state index in [2.05, 4.69) is 30.3 Å². The zero-order valence-corrected chi connectivity index (χ0v) is 20.8. The van der Waals surface area contributed by atoms with Crippen molar-refractivity contribution in [2.75, 3.05) is 0 Å². The van der Waals surface area contributed by atoms with Gasteiger partial charge in [-0.1, -0.05) is 29.8 Å². The van der Waals surface area contributed by atoms with E-state index >= 15 is 0 Å². The lowest BCUT2D eigenvalue weighted by Gasteiger charge is -2.16. The van der Waals surface area contributed by atoms with E-state index in [9.17, 15) is 0 Å².